The molecule has 0 N–H and O–H groups in total. The largest absolute Gasteiger partial charge is 0.486 e. The Balaban J connectivity index is 1.40. The smallest absolute Gasteiger partial charge is 0.250 e. The Hall–Kier alpha value is -3.02. The van der Waals surface area contributed by atoms with Gasteiger partial charge in [0, 0.05) is 6.04 Å². The summed E-state index contributed by atoms with van der Waals surface area (Å²) in [5, 5.41) is 0. The summed E-state index contributed by atoms with van der Waals surface area (Å²) in [6, 6.07) is 15.0. The predicted octanol–water partition coefficient (Wildman–Crippen LogP) is 4.13. The fraction of sp³-hybridized carbons (Fsp3) is 0.481. The average molecular weight is 449 g/mol. The van der Waals surface area contributed by atoms with Gasteiger partial charge in [-0.2, -0.15) is 0 Å². The molecule has 6 heteroatoms. The molecule has 2 aromatic rings. The number of carbonyl (C=O) groups excluding carboxylic acids is 2. The van der Waals surface area contributed by atoms with Crippen molar-refractivity contribution in [2.45, 2.75) is 57.7 Å². The van der Waals surface area contributed by atoms with E-state index in [0.717, 1.165) is 36.8 Å². The number of benzene rings is 2. The second kappa shape index (κ2) is 9.08. The van der Waals surface area contributed by atoms with E-state index in [-0.39, 0.29) is 30.5 Å². The topological polar surface area (TPSA) is 59.1 Å². The van der Waals surface area contributed by atoms with E-state index in [1.54, 1.807) is 4.90 Å². The van der Waals surface area contributed by atoms with Crippen molar-refractivity contribution in [3.8, 4) is 11.5 Å². The van der Waals surface area contributed by atoms with Gasteiger partial charge in [0.25, 0.3) is 5.91 Å². The summed E-state index contributed by atoms with van der Waals surface area (Å²) in [4.78, 5) is 30.9. The molecule has 0 radical (unpaired) electrons. The number of rotatable bonds is 4. The quantitative estimate of drug-likeness (QED) is 0.706. The monoisotopic (exact) mass is 448 g/mol. The first-order chi connectivity index (χ1) is 16.0. The molecule has 2 aliphatic heterocycles. The standard InChI is InChI=1S/C27H32N2O4/c1-18-7-11-20(12-8-18)26-27(31)28(21-13-9-19(2)10-14-21)16-25(30)29(26)15-22-17-32-23-5-3-4-6-24(23)33-22/h3-8,11-12,19,21-22,26H,9-10,13-17H2,1-2H3. The van der Waals surface area contributed by atoms with Crippen LogP contribution in [0.4, 0.5) is 0 Å². The predicted molar refractivity (Wildman–Crippen MR) is 125 cm³/mol. The number of piperazine rings is 1. The van der Waals surface area contributed by atoms with Crippen LogP contribution in [0.1, 0.15) is 49.8 Å². The molecule has 2 unspecified atom stereocenters. The van der Waals surface area contributed by atoms with Crippen LogP contribution in [-0.2, 0) is 9.59 Å². The van der Waals surface area contributed by atoms with Crippen LogP contribution in [0.25, 0.3) is 0 Å². The molecule has 1 saturated heterocycles. The van der Waals surface area contributed by atoms with Crippen LogP contribution >= 0.6 is 0 Å². The Labute approximate surface area is 195 Å². The van der Waals surface area contributed by atoms with Crippen molar-refractivity contribution in [1.82, 2.24) is 9.80 Å². The van der Waals surface area contributed by atoms with Gasteiger partial charge in [-0.25, -0.2) is 0 Å². The van der Waals surface area contributed by atoms with Gasteiger partial charge in [-0.05, 0) is 56.2 Å². The molecule has 2 heterocycles. The molecule has 2 aromatic carbocycles. The first-order valence-corrected chi connectivity index (χ1v) is 12.0. The molecule has 5 rings (SSSR count). The number of amides is 2. The molecule has 2 amide bonds. The number of carbonyl (C=O) groups is 2. The van der Waals surface area contributed by atoms with Crippen LogP contribution in [0, 0.1) is 12.8 Å². The van der Waals surface area contributed by atoms with Gasteiger partial charge in [0.15, 0.2) is 17.6 Å². The Morgan fingerprint density at radius 1 is 0.939 bits per heavy atom. The van der Waals surface area contributed by atoms with E-state index in [9.17, 15) is 9.59 Å². The van der Waals surface area contributed by atoms with E-state index >= 15 is 0 Å². The summed E-state index contributed by atoms with van der Waals surface area (Å²) in [5.41, 5.74) is 1.98. The number of para-hydroxylation sites is 2. The minimum Gasteiger partial charge on any atom is -0.486 e. The molecule has 174 valence electrons. The SMILES string of the molecule is Cc1ccc(C2C(=O)N(C3CCC(C)CC3)CC(=O)N2CC2COc3ccccc3O2)cc1. The Kier molecular flexibility index (Phi) is 6.00. The normalized spacial score (nSPS) is 27.6. The maximum atomic E-state index is 13.8. The molecule has 0 aromatic heterocycles. The lowest BCUT2D eigenvalue weighted by Gasteiger charge is -2.46. The number of aryl methyl sites for hydroxylation is 1. The summed E-state index contributed by atoms with van der Waals surface area (Å²) in [6.45, 7) is 5.09. The van der Waals surface area contributed by atoms with E-state index in [1.807, 2.05) is 60.4 Å². The van der Waals surface area contributed by atoms with Gasteiger partial charge in [-0.1, -0.05) is 48.9 Å². The van der Waals surface area contributed by atoms with Gasteiger partial charge < -0.3 is 19.3 Å². The first kappa shape index (κ1) is 21.8. The number of fused-ring (bicyclic) bond motifs is 1. The Bertz CT molecular complexity index is 1010. The van der Waals surface area contributed by atoms with Crippen molar-refractivity contribution in [1.29, 1.82) is 0 Å². The zero-order valence-corrected chi connectivity index (χ0v) is 19.4. The third-order valence-electron chi connectivity index (χ3n) is 7.24. The van der Waals surface area contributed by atoms with E-state index in [4.69, 9.17) is 9.47 Å². The third kappa shape index (κ3) is 4.43. The van der Waals surface area contributed by atoms with Crippen LogP contribution < -0.4 is 9.47 Å². The molecule has 3 aliphatic rings. The van der Waals surface area contributed by atoms with Crippen molar-refractivity contribution in [3.05, 3.63) is 59.7 Å². The lowest BCUT2D eigenvalue weighted by molar-refractivity contribution is -0.161. The van der Waals surface area contributed by atoms with Crippen LogP contribution in [-0.4, -0.2) is 53.5 Å². The zero-order chi connectivity index (χ0) is 22.9. The summed E-state index contributed by atoms with van der Waals surface area (Å²) >= 11 is 0. The van der Waals surface area contributed by atoms with E-state index in [2.05, 4.69) is 6.92 Å². The lowest BCUT2D eigenvalue weighted by atomic mass is 9.85. The molecule has 2 atom stereocenters. The summed E-state index contributed by atoms with van der Waals surface area (Å²) < 4.78 is 12.0. The van der Waals surface area contributed by atoms with Gasteiger partial charge in [0.05, 0.1) is 6.54 Å². The highest BCUT2D eigenvalue weighted by molar-refractivity contribution is 5.95. The molecule has 0 spiro atoms. The highest BCUT2D eigenvalue weighted by atomic mass is 16.6. The lowest BCUT2D eigenvalue weighted by Crippen LogP contribution is -2.60. The number of hydrogen-bond donors (Lipinski definition) is 0. The van der Waals surface area contributed by atoms with Gasteiger partial charge in [0.1, 0.15) is 19.2 Å². The van der Waals surface area contributed by atoms with E-state index in [1.165, 1.54) is 0 Å². The molecule has 1 aliphatic carbocycles. The fourth-order valence-corrected chi connectivity index (χ4v) is 5.26. The van der Waals surface area contributed by atoms with Crippen LogP contribution in [0.5, 0.6) is 11.5 Å². The van der Waals surface area contributed by atoms with Crippen molar-refractivity contribution in [2.24, 2.45) is 5.92 Å². The average Bonchev–Trinajstić information content (AvgIpc) is 2.83. The first-order valence-electron chi connectivity index (χ1n) is 12.0. The summed E-state index contributed by atoms with van der Waals surface area (Å²) in [6.07, 6.45) is 3.82. The zero-order valence-electron chi connectivity index (χ0n) is 19.4. The summed E-state index contributed by atoms with van der Waals surface area (Å²) in [7, 11) is 0. The number of ether oxygens (including phenoxy) is 2. The van der Waals surface area contributed by atoms with Gasteiger partial charge in [0.2, 0.25) is 5.91 Å². The van der Waals surface area contributed by atoms with Crippen molar-refractivity contribution in [3.63, 3.8) is 0 Å². The van der Waals surface area contributed by atoms with Crippen LogP contribution in [0.2, 0.25) is 0 Å². The maximum absolute atomic E-state index is 13.8. The Morgan fingerprint density at radius 3 is 2.36 bits per heavy atom. The minimum absolute atomic E-state index is 0.0233. The third-order valence-corrected chi connectivity index (χ3v) is 7.24. The van der Waals surface area contributed by atoms with Crippen LogP contribution in [0.3, 0.4) is 0 Å². The van der Waals surface area contributed by atoms with Crippen molar-refractivity contribution < 1.29 is 19.1 Å². The van der Waals surface area contributed by atoms with E-state index < -0.39 is 6.04 Å². The van der Waals surface area contributed by atoms with Crippen molar-refractivity contribution >= 4 is 11.8 Å². The molecule has 6 nitrogen and oxygen atoms in total. The number of nitrogens with zero attached hydrogens (tertiary/aromatic N) is 2. The molecule has 33 heavy (non-hydrogen) atoms. The second-order valence-electron chi connectivity index (χ2n) is 9.74. The molecule has 1 saturated carbocycles. The minimum atomic E-state index is -0.632. The van der Waals surface area contributed by atoms with Crippen molar-refractivity contribution in [2.75, 3.05) is 19.7 Å². The maximum Gasteiger partial charge on any atom is 0.250 e. The fourth-order valence-electron chi connectivity index (χ4n) is 5.26. The van der Waals surface area contributed by atoms with Gasteiger partial charge in [-0.15, -0.1) is 0 Å². The highest BCUT2D eigenvalue weighted by Gasteiger charge is 2.44. The molecule has 0 bridgehead atoms. The highest BCUT2D eigenvalue weighted by Crippen LogP contribution is 2.36. The number of hydrogen-bond acceptors (Lipinski definition) is 4. The second-order valence-corrected chi connectivity index (χ2v) is 9.74. The van der Waals surface area contributed by atoms with E-state index in [0.29, 0.717) is 30.6 Å². The van der Waals surface area contributed by atoms with Gasteiger partial charge >= 0.3 is 0 Å². The molecular weight excluding hydrogens is 416 g/mol. The molecular formula is C27H32N2O4. The summed E-state index contributed by atoms with van der Waals surface area (Å²) in [5.74, 6) is 2.07. The Morgan fingerprint density at radius 2 is 1.64 bits per heavy atom. The molecule has 2 fully saturated rings. The van der Waals surface area contributed by atoms with Crippen LogP contribution in [0.15, 0.2) is 48.5 Å². The van der Waals surface area contributed by atoms with Gasteiger partial charge in [-0.3, -0.25) is 9.59 Å².